The van der Waals surface area contributed by atoms with Crippen LogP contribution in [0.4, 0.5) is 5.95 Å². The standard InChI is InChI=1S/C12H16N4/c1-9(2)16(8-10-3-4-10)12-14-6-5-11(7-13)15-12/h5-6,9-10H,3-4,8H2,1-2H3. The van der Waals surface area contributed by atoms with Crippen LogP contribution in [0.3, 0.4) is 0 Å². The minimum Gasteiger partial charge on any atom is -0.338 e. The van der Waals surface area contributed by atoms with Crippen molar-refractivity contribution in [1.29, 1.82) is 5.26 Å². The summed E-state index contributed by atoms with van der Waals surface area (Å²) in [6, 6.07) is 4.06. The number of aromatic nitrogens is 2. The summed E-state index contributed by atoms with van der Waals surface area (Å²) >= 11 is 0. The van der Waals surface area contributed by atoms with Crippen LogP contribution in [-0.2, 0) is 0 Å². The summed E-state index contributed by atoms with van der Waals surface area (Å²) in [7, 11) is 0. The van der Waals surface area contributed by atoms with E-state index in [-0.39, 0.29) is 0 Å². The molecule has 1 aromatic heterocycles. The highest BCUT2D eigenvalue weighted by molar-refractivity contribution is 5.35. The van der Waals surface area contributed by atoms with Crippen LogP contribution in [0.15, 0.2) is 12.3 Å². The number of nitriles is 1. The van der Waals surface area contributed by atoms with E-state index in [4.69, 9.17) is 5.26 Å². The molecule has 0 atom stereocenters. The van der Waals surface area contributed by atoms with Crippen LogP contribution in [0.5, 0.6) is 0 Å². The predicted molar refractivity (Wildman–Crippen MR) is 62.0 cm³/mol. The van der Waals surface area contributed by atoms with Crippen molar-refractivity contribution in [3.8, 4) is 6.07 Å². The fourth-order valence-electron chi connectivity index (χ4n) is 1.65. The van der Waals surface area contributed by atoms with Crippen LogP contribution in [0.2, 0.25) is 0 Å². The first kappa shape index (κ1) is 10.9. The molecule has 0 spiro atoms. The Bertz CT molecular complexity index is 404. The first-order valence-corrected chi connectivity index (χ1v) is 5.70. The minimum absolute atomic E-state index is 0.370. The van der Waals surface area contributed by atoms with Gasteiger partial charge in [0.05, 0.1) is 0 Å². The van der Waals surface area contributed by atoms with Crippen molar-refractivity contribution in [2.45, 2.75) is 32.7 Å². The average molecular weight is 216 g/mol. The number of hydrogen-bond donors (Lipinski definition) is 0. The van der Waals surface area contributed by atoms with E-state index in [0.717, 1.165) is 12.5 Å². The van der Waals surface area contributed by atoms with Crippen molar-refractivity contribution >= 4 is 5.95 Å². The topological polar surface area (TPSA) is 52.8 Å². The summed E-state index contributed by atoms with van der Waals surface area (Å²) in [4.78, 5) is 10.7. The second-order valence-corrected chi connectivity index (χ2v) is 4.54. The first-order valence-electron chi connectivity index (χ1n) is 5.70. The number of hydrogen-bond acceptors (Lipinski definition) is 4. The predicted octanol–water partition coefficient (Wildman–Crippen LogP) is 1.97. The monoisotopic (exact) mass is 216 g/mol. The zero-order chi connectivity index (χ0) is 11.5. The summed E-state index contributed by atoms with van der Waals surface area (Å²) in [5.41, 5.74) is 0.437. The molecule has 2 rings (SSSR count). The van der Waals surface area contributed by atoms with Gasteiger partial charge in [-0.2, -0.15) is 5.26 Å². The third-order valence-electron chi connectivity index (χ3n) is 2.79. The molecule has 1 heterocycles. The molecule has 4 nitrogen and oxygen atoms in total. The fourth-order valence-corrected chi connectivity index (χ4v) is 1.65. The lowest BCUT2D eigenvalue weighted by Gasteiger charge is -2.26. The Hall–Kier alpha value is -1.63. The zero-order valence-electron chi connectivity index (χ0n) is 9.72. The molecule has 0 aromatic carbocycles. The Morgan fingerprint density at radius 3 is 2.88 bits per heavy atom. The van der Waals surface area contributed by atoms with E-state index in [1.165, 1.54) is 12.8 Å². The zero-order valence-corrected chi connectivity index (χ0v) is 9.72. The smallest absolute Gasteiger partial charge is 0.226 e. The highest BCUT2D eigenvalue weighted by Crippen LogP contribution is 2.31. The van der Waals surface area contributed by atoms with Gasteiger partial charge in [0.1, 0.15) is 11.8 Å². The maximum Gasteiger partial charge on any atom is 0.226 e. The summed E-state index contributed by atoms with van der Waals surface area (Å²) in [5.74, 6) is 1.47. The van der Waals surface area contributed by atoms with Crippen molar-refractivity contribution in [2.75, 3.05) is 11.4 Å². The Balaban J connectivity index is 2.19. The Morgan fingerprint density at radius 2 is 2.31 bits per heavy atom. The largest absolute Gasteiger partial charge is 0.338 e. The van der Waals surface area contributed by atoms with Gasteiger partial charge in [-0.3, -0.25) is 0 Å². The molecule has 0 saturated heterocycles. The lowest BCUT2D eigenvalue weighted by molar-refractivity contribution is 0.627. The summed E-state index contributed by atoms with van der Waals surface area (Å²) < 4.78 is 0. The fraction of sp³-hybridized carbons (Fsp3) is 0.583. The van der Waals surface area contributed by atoms with Crippen LogP contribution in [0.25, 0.3) is 0 Å². The highest BCUT2D eigenvalue weighted by Gasteiger charge is 2.26. The molecule has 84 valence electrons. The van der Waals surface area contributed by atoms with Gasteiger partial charge in [0.15, 0.2) is 0 Å². The van der Waals surface area contributed by atoms with Gasteiger partial charge in [-0.25, -0.2) is 9.97 Å². The van der Waals surface area contributed by atoms with Crippen molar-refractivity contribution < 1.29 is 0 Å². The van der Waals surface area contributed by atoms with Crippen molar-refractivity contribution in [3.05, 3.63) is 18.0 Å². The number of anilines is 1. The SMILES string of the molecule is CC(C)N(CC1CC1)c1nccc(C#N)n1. The van der Waals surface area contributed by atoms with Crippen molar-refractivity contribution in [1.82, 2.24) is 9.97 Å². The van der Waals surface area contributed by atoms with Gasteiger partial charge < -0.3 is 4.90 Å². The molecule has 1 aliphatic rings. The van der Waals surface area contributed by atoms with Crippen LogP contribution < -0.4 is 4.90 Å². The molecule has 1 aromatic rings. The summed E-state index contributed by atoms with van der Waals surface area (Å²) in [6.45, 7) is 5.27. The van der Waals surface area contributed by atoms with E-state index in [0.29, 0.717) is 17.7 Å². The van der Waals surface area contributed by atoms with E-state index in [1.54, 1.807) is 12.3 Å². The molecule has 1 saturated carbocycles. The van der Waals surface area contributed by atoms with E-state index in [1.807, 2.05) is 0 Å². The Labute approximate surface area is 95.9 Å². The molecule has 0 N–H and O–H groups in total. The van der Waals surface area contributed by atoms with Gasteiger partial charge in [-0.1, -0.05) is 0 Å². The van der Waals surface area contributed by atoms with E-state index >= 15 is 0 Å². The molecule has 16 heavy (non-hydrogen) atoms. The van der Waals surface area contributed by atoms with Crippen molar-refractivity contribution in [3.63, 3.8) is 0 Å². The number of rotatable bonds is 4. The second-order valence-electron chi connectivity index (χ2n) is 4.54. The van der Waals surface area contributed by atoms with E-state index in [2.05, 4.69) is 34.8 Å². The number of nitrogens with zero attached hydrogens (tertiary/aromatic N) is 4. The molecular formula is C12H16N4. The van der Waals surface area contributed by atoms with Gasteiger partial charge in [0, 0.05) is 18.8 Å². The van der Waals surface area contributed by atoms with Crippen molar-refractivity contribution in [2.24, 2.45) is 5.92 Å². The second kappa shape index (κ2) is 4.48. The highest BCUT2D eigenvalue weighted by atomic mass is 15.3. The van der Waals surface area contributed by atoms with Crippen LogP contribution in [0, 0.1) is 17.2 Å². The van der Waals surface area contributed by atoms with Gasteiger partial charge in [-0.15, -0.1) is 0 Å². The lowest BCUT2D eigenvalue weighted by atomic mass is 10.3. The molecular weight excluding hydrogens is 200 g/mol. The quantitative estimate of drug-likeness (QED) is 0.772. The van der Waals surface area contributed by atoms with Gasteiger partial charge >= 0.3 is 0 Å². The molecule has 0 radical (unpaired) electrons. The van der Waals surface area contributed by atoms with Gasteiger partial charge in [0.2, 0.25) is 5.95 Å². The third-order valence-corrected chi connectivity index (χ3v) is 2.79. The minimum atomic E-state index is 0.370. The summed E-state index contributed by atoms with van der Waals surface area (Å²) in [5, 5.41) is 8.82. The third kappa shape index (κ3) is 2.48. The van der Waals surface area contributed by atoms with Crippen LogP contribution >= 0.6 is 0 Å². The van der Waals surface area contributed by atoms with Gasteiger partial charge in [-0.05, 0) is 38.7 Å². The van der Waals surface area contributed by atoms with E-state index < -0.39 is 0 Å². The normalized spacial score (nSPS) is 14.9. The van der Waals surface area contributed by atoms with Crippen LogP contribution in [0.1, 0.15) is 32.4 Å². The van der Waals surface area contributed by atoms with Gasteiger partial charge in [0.25, 0.3) is 0 Å². The van der Waals surface area contributed by atoms with Crippen LogP contribution in [-0.4, -0.2) is 22.6 Å². The maximum absolute atomic E-state index is 8.82. The molecule has 0 aliphatic heterocycles. The average Bonchev–Trinajstić information content (AvgIpc) is 3.09. The summed E-state index contributed by atoms with van der Waals surface area (Å²) in [6.07, 6.45) is 4.27. The molecule has 1 fully saturated rings. The maximum atomic E-state index is 8.82. The molecule has 0 amide bonds. The molecule has 1 aliphatic carbocycles. The molecule has 4 heteroatoms. The van der Waals surface area contributed by atoms with E-state index in [9.17, 15) is 0 Å². The molecule has 0 bridgehead atoms. The molecule has 0 unspecified atom stereocenters. The lowest BCUT2D eigenvalue weighted by Crippen LogP contribution is -2.34. The first-order chi connectivity index (χ1) is 7.70. The Morgan fingerprint density at radius 1 is 1.56 bits per heavy atom. The Kier molecular flexibility index (Phi) is 3.04.